The second-order valence-corrected chi connectivity index (χ2v) is 7.09. The highest BCUT2D eigenvalue weighted by molar-refractivity contribution is 8.14. The van der Waals surface area contributed by atoms with Gasteiger partial charge in [-0.15, -0.1) is 0 Å². The zero-order chi connectivity index (χ0) is 15.2. The van der Waals surface area contributed by atoms with Gasteiger partial charge in [-0.05, 0) is 23.6 Å². The number of hydrogen-bond donors (Lipinski definition) is 1. The zero-order valence-electron chi connectivity index (χ0n) is 12.3. The normalized spacial score (nSPS) is 20.3. The standard InChI is InChI=1S/C15H17N3O2S/c1-15(2)7-16-14(21-8-15)17-9-4-5-10-11(6-9)13(20)18(3)12(10)19/h4-6H,7-8H2,1-3H3,(H,16,17). The third-order valence-electron chi connectivity index (χ3n) is 3.59. The van der Waals surface area contributed by atoms with E-state index in [1.165, 1.54) is 7.05 Å². The fourth-order valence-electron chi connectivity index (χ4n) is 2.28. The number of carbonyl (C=O) groups is 2. The molecule has 1 aromatic carbocycles. The lowest BCUT2D eigenvalue weighted by Crippen LogP contribution is -2.27. The summed E-state index contributed by atoms with van der Waals surface area (Å²) in [7, 11) is 1.50. The molecule has 0 bridgehead atoms. The maximum Gasteiger partial charge on any atom is 0.261 e. The van der Waals surface area contributed by atoms with E-state index in [0.717, 1.165) is 28.1 Å². The molecule has 2 heterocycles. The molecule has 0 fully saturated rings. The van der Waals surface area contributed by atoms with Crippen LogP contribution in [0.2, 0.25) is 0 Å². The summed E-state index contributed by atoms with van der Waals surface area (Å²) in [4.78, 5) is 29.5. The van der Waals surface area contributed by atoms with Crippen molar-refractivity contribution in [3.63, 3.8) is 0 Å². The Hall–Kier alpha value is -1.82. The van der Waals surface area contributed by atoms with Crippen molar-refractivity contribution < 1.29 is 9.59 Å². The lowest BCUT2D eigenvalue weighted by atomic mass is 9.97. The number of hydrogen-bond acceptors (Lipinski definition) is 5. The number of amides is 2. The minimum absolute atomic E-state index is 0.221. The van der Waals surface area contributed by atoms with Crippen molar-refractivity contribution in [1.82, 2.24) is 4.90 Å². The molecule has 0 aromatic heterocycles. The van der Waals surface area contributed by atoms with Crippen LogP contribution in [0.15, 0.2) is 23.2 Å². The van der Waals surface area contributed by atoms with Gasteiger partial charge in [-0.1, -0.05) is 25.6 Å². The number of nitrogens with one attached hydrogen (secondary N) is 1. The number of imide groups is 1. The predicted octanol–water partition coefficient (Wildman–Crippen LogP) is 2.45. The Kier molecular flexibility index (Phi) is 3.28. The highest BCUT2D eigenvalue weighted by Crippen LogP contribution is 2.29. The molecule has 110 valence electrons. The summed E-state index contributed by atoms with van der Waals surface area (Å²) in [6.45, 7) is 5.17. The number of fused-ring (bicyclic) bond motifs is 1. The van der Waals surface area contributed by atoms with Crippen LogP contribution >= 0.6 is 11.8 Å². The second kappa shape index (κ2) is 4.87. The first-order valence-corrected chi connectivity index (χ1v) is 7.77. The maximum absolute atomic E-state index is 12.0. The van der Waals surface area contributed by atoms with Gasteiger partial charge >= 0.3 is 0 Å². The Morgan fingerprint density at radius 2 is 1.95 bits per heavy atom. The SMILES string of the molecule is CN1C(=O)c2ccc(NC3=NCC(C)(C)CS3)cc2C1=O. The number of amidine groups is 1. The zero-order valence-corrected chi connectivity index (χ0v) is 13.1. The monoisotopic (exact) mass is 303 g/mol. The van der Waals surface area contributed by atoms with Crippen LogP contribution in [-0.2, 0) is 0 Å². The Morgan fingerprint density at radius 1 is 1.24 bits per heavy atom. The van der Waals surface area contributed by atoms with Crippen LogP contribution in [0.3, 0.4) is 0 Å². The number of carbonyl (C=O) groups excluding carboxylic acids is 2. The van der Waals surface area contributed by atoms with Gasteiger partial charge in [-0.25, -0.2) is 0 Å². The lowest BCUT2D eigenvalue weighted by Gasteiger charge is -2.27. The molecule has 3 rings (SSSR count). The average Bonchev–Trinajstić information content (AvgIpc) is 2.66. The highest BCUT2D eigenvalue weighted by Gasteiger charge is 2.33. The van der Waals surface area contributed by atoms with E-state index in [9.17, 15) is 9.59 Å². The van der Waals surface area contributed by atoms with E-state index in [1.54, 1.807) is 23.9 Å². The van der Waals surface area contributed by atoms with Crippen molar-refractivity contribution in [2.45, 2.75) is 13.8 Å². The van der Waals surface area contributed by atoms with Crippen molar-refractivity contribution in [2.24, 2.45) is 10.4 Å². The molecule has 2 amide bonds. The van der Waals surface area contributed by atoms with Crippen LogP contribution in [0.4, 0.5) is 5.69 Å². The van der Waals surface area contributed by atoms with Gasteiger partial charge in [0.25, 0.3) is 11.8 Å². The topological polar surface area (TPSA) is 61.8 Å². The molecule has 0 saturated carbocycles. The molecule has 2 aliphatic heterocycles. The molecular weight excluding hydrogens is 286 g/mol. The number of aliphatic imine (C=N–C) groups is 1. The summed E-state index contributed by atoms with van der Waals surface area (Å²) >= 11 is 1.68. The Bertz CT molecular complexity index is 667. The number of nitrogens with zero attached hydrogens (tertiary/aromatic N) is 2. The van der Waals surface area contributed by atoms with Gasteiger partial charge < -0.3 is 5.32 Å². The maximum atomic E-state index is 12.0. The summed E-state index contributed by atoms with van der Waals surface area (Å²) in [6.07, 6.45) is 0. The molecular formula is C15H17N3O2S. The highest BCUT2D eigenvalue weighted by atomic mass is 32.2. The van der Waals surface area contributed by atoms with Crippen LogP contribution in [0.5, 0.6) is 0 Å². The van der Waals surface area contributed by atoms with Crippen LogP contribution in [0.25, 0.3) is 0 Å². The van der Waals surface area contributed by atoms with Crippen molar-refractivity contribution in [2.75, 3.05) is 24.7 Å². The van der Waals surface area contributed by atoms with Gasteiger partial charge in [-0.2, -0.15) is 0 Å². The van der Waals surface area contributed by atoms with E-state index in [-0.39, 0.29) is 17.2 Å². The molecule has 6 heteroatoms. The van der Waals surface area contributed by atoms with Gasteiger partial charge in [0.05, 0.1) is 11.1 Å². The Morgan fingerprint density at radius 3 is 2.62 bits per heavy atom. The first-order chi connectivity index (χ1) is 9.87. The minimum Gasteiger partial charge on any atom is -0.335 e. The average molecular weight is 303 g/mol. The minimum atomic E-state index is -0.252. The number of rotatable bonds is 1. The molecule has 0 spiro atoms. The Balaban J connectivity index is 1.82. The molecule has 0 saturated heterocycles. The molecule has 0 radical (unpaired) electrons. The summed E-state index contributed by atoms with van der Waals surface area (Å²) in [5.74, 6) is 0.509. The summed E-state index contributed by atoms with van der Waals surface area (Å²) in [6, 6.07) is 5.23. The molecule has 1 N–H and O–H groups in total. The van der Waals surface area contributed by atoms with E-state index in [2.05, 4.69) is 24.2 Å². The van der Waals surface area contributed by atoms with Crippen LogP contribution < -0.4 is 5.32 Å². The third kappa shape index (κ3) is 2.55. The molecule has 0 aliphatic carbocycles. The molecule has 0 atom stereocenters. The van der Waals surface area contributed by atoms with Gasteiger partial charge in [0.15, 0.2) is 5.17 Å². The summed E-state index contributed by atoms with van der Waals surface area (Å²) in [5, 5.41) is 4.09. The van der Waals surface area contributed by atoms with Crippen molar-refractivity contribution in [1.29, 1.82) is 0 Å². The van der Waals surface area contributed by atoms with E-state index in [4.69, 9.17) is 0 Å². The van der Waals surface area contributed by atoms with E-state index < -0.39 is 0 Å². The number of anilines is 1. The first kappa shape index (κ1) is 14.1. The third-order valence-corrected chi connectivity index (χ3v) is 5.02. The fourth-order valence-corrected chi connectivity index (χ4v) is 3.24. The van der Waals surface area contributed by atoms with Gasteiger partial charge in [-0.3, -0.25) is 19.5 Å². The molecule has 0 unspecified atom stereocenters. The van der Waals surface area contributed by atoms with E-state index >= 15 is 0 Å². The Labute approximate surface area is 127 Å². The van der Waals surface area contributed by atoms with E-state index in [0.29, 0.717) is 11.1 Å². The quantitative estimate of drug-likeness (QED) is 0.810. The largest absolute Gasteiger partial charge is 0.335 e. The first-order valence-electron chi connectivity index (χ1n) is 6.78. The van der Waals surface area contributed by atoms with Gasteiger partial charge in [0.2, 0.25) is 0 Å². The molecule has 2 aliphatic rings. The number of thioether (sulfide) groups is 1. The van der Waals surface area contributed by atoms with Gasteiger partial charge in [0.1, 0.15) is 0 Å². The van der Waals surface area contributed by atoms with Crippen molar-refractivity contribution >= 4 is 34.4 Å². The number of benzene rings is 1. The fraction of sp³-hybridized carbons (Fsp3) is 0.400. The molecule has 1 aromatic rings. The summed E-state index contributed by atoms with van der Waals surface area (Å²) in [5.41, 5.74) is 1.93. The van der Waals surface area contributed by atoms with Crippen molar-refractivity contribution in [3.8, 4) is 0 Å². The predicted molar refractivity (Wildman–Crippen MR) is 85.0 cm³/mol. The second-order valence-electron chi connectivity index (χ2n) is 6.13. The summed E-state index contributed by atoms with van der Waals surface area (Å²) < 4.78 is 0. The van der Waals surface area contributed by atoms with Crippen LogP contribution in [0, 0.1) is 5.41 Å². The smallest absolute Gasteiger partial charge is 0.261 e. The van der Waals surface area contributed by atoms with E-state index in [1.807, 2.05) is 6.07 Å². The lowest BCUT2D eigenvalue weighted by molar-refractivity contribution is 0.0693. The van der Waals surface area contributed by atoms with Crippen LogP contribution in [-0.4, -0.2) is 41.2 Å². The van der Waals surface area contributed by atoms with Gasteiger partial charge in [0, 0.05) is 25.0 Å². The molecule has 21 heavy (non-hydrogen) atoms. The van der Waals surface area contributed by atoms with Crippen LogP contribution in [0.1, 0.15) is 34.6 Å². The van der Waals surface area contributed by atoms with Crippen molar-refractivity contribution in [3.05, 3.63) is 29.3 Å². The molecule has 5 nitrogen and oxygen atoms in total.